The highest BCUT2D eigenvalue weighted by atomic mass is 79.9. The fourth-order valence-corrected chi connectivity index (χ4v) is 3.50. The Morgan fingerprint density at radius 1 is 1.22 bits per heavy atom. The van der Waals surface area contributed by atoms with E-state index in [1.807, 2.05) is 0 Å². The fourth-order valence-electron chi connectivity index (χ4n) is 2.32. The van der Waals surface area contributed by atoms with E-state index in [4.69, 9.17) is 4.42 Å². The monoisotopic (exact) mass is 450 g/mol. The van der Waals surface area contributed by atoms with Crippen LogP contribution in [0.25, 0.3) is 11.1 Å². The Labute approximate surface area is 166 Å². The van der Waals surface area contributed by atoms with Crippen molar-refractivity contribution in [1.29, 1.82) is 0 Å². The van der Waals surface area contributed by atoms with E-state index < -0.39 is 5.76 Å². The molecule has 0 saturated heterocycles. The normalized spacial score (nSPS) is 10.7. The van der Waals surface area contributed by atoms with Gasteiger partial charge in [0, 0.05) is 27.7 Å². The maximum Gasteiger partial charge on any atom is 0.417 e. The summed E-state index contributed by atoms with van der Waals surface area (Å²) in [7, 11) is 1.54. The van der Waals surface area contributed by atoms with Crippen LogP contribution in [0, 0.1) is 0 Å². The van der Waals surface area contributed by atoms with Crippen molar-refractivity contribution in [2.45, 2.75) is 4.90 Å². The molecule has 0 radical (unpaired) electrons. The predicted molar refractivity (Wildman–Crippen MR) is 107 cm³/mol. The average molecular weight is 451 g/mol. The highest BCUT2D eigenvalue weighted by molar-refractivity contribution is 9.10. The van der Waals surface area contributed by atoms with Crippen LogP contribution in [0.1, 0.15) is 10.4 Å². The molecule has 0 unspecified atom stereocenters. The number of carbonyl (C=O) groups excluding carboxylic acids is 2. The maximum atomic E-state index is 12.1. The second-order valence-electron chi connectivity index (χ2n) is 5.45. The first-order valence-electron chi connectivity index (χ1n) is 7.80. The molecule has 2 aromatic carbocycles. The molecule has 2 amide bonds. The Kier molecular flexibility index (Phi) is 5.99. The number of H-pyrrole nitrogens is 1. The average Bonchev–Trinajstić information content (AvgIpc) is 2.99. The molecule has 8 nitrogen and oxygen atoms in total. The topological polar surface area (TPSA) is 116 Å². The Morgan fingerprint density at radius 2 is 2.04 bits per heavy atom. The molecule has 3 aromatic rings. The third kappa shape index (κ3) is 5.00. The number of halogens is 1. The van der Waals surface area contributed by atoms with Crippen molar-refractivity contribution in [3.63, 3.8) is 0 Å². The summed E-state index contributed by atoms with van der Waals surface area (Å²) in [6, 6.07) is 10.2. The minimum absolute atomic E-state index is 0.0480. The van der Waals surface area contributed by atoms with Crippen molar-refractivity contribution in [3.8, 4) is 0 Å². The predicted octanol–water partition coefficient (Wildman–Crippen LogP) is 2.48. The van der Waals surface area contributed by atoms with Crippen molar-refractivity contribution in [2.24, 2.45) is 0 Å². The molecule has 3 rings (SSSR count). The van der Waals surface area contributed by atoms with Gasteiger partial charge in [-0.1, -0.05) is 15.9 Å². The number of hydrogen-bond acceptors (Lipinski definition) is 6. The van der Waals surface area contributed by atoms with Gasteiger partial charge in [0.15, 0.2) is 5.58 Å². The zero-order valence-corrected chi connectivity index (χ0v) is 16.5. The molecule has 1 heterocycles. The molecule has 0 aliphatic carbocycles. The van der Waals surface area contributed by atoms with Crippen LogP contribution in [0.3, 0.4) is 0 Å². The first kappa shape index (κ1) is 19.2. The van der Waals surface area contributed by atoms with Crippen LogP contribution in [0.2, 0.25) is 0 Å². The lowest BCUT2D eigenvalue weighted by atomic mass is 10.2. The van der Waals surface area contributed by atoms with Gasteiger partial charge in [-0.05, 0) is 48.3 Å². The first-order chi connectivity index (χ1) is 12.9. The lowest BCUT2D eigenvalue weighted by molar-refractivity contribution is -0.115. The van der Waals surface area contributed by atoms with E-state index in [1.54, 1.807) is 43.4 Å². The van der Waals surface area contributed by atoms with E-state index in [0.29, 0.717) is 26.8 Å². The summed E-state index contributed by atoms with van der Waals surface area (Å²) in [5.41, 5.74) is 2.01. The molecular weight excluding hydrogens is 436 g/mol. The van der Waals surface area contributed by atoms with Crippen molar-refractivity contribution in [3.05, 3.63) is 57.0 Å². The third-order valence-corrected chi connectivity index (χ3v) is 4.72. The van der Waals surface area contributed by atoms with Gasteiger partial charge in [-0.2, -0.15) is 0 Å². The summed E-state index contributed by atoms with van der Waals surface area (Å²) in [5, 5.41) is 5.27. The van der Waals surface area contributed by atoms with Crippen LogP contribution in [0.5, 0.6) is 0 Å². The summed E-state index contributed by atoms with van der Waals surface area (Å²) in [5.74, 6) is -1.01. The van der Waals surface area contributed by atoms with E-state index in [9.17, 15) is 14.4 Å². The molecule has 27 heavy (non-hydrogen) atoms. The number of anilines is 1. The van der Waals surface area contributed by atoms with Crippen molar-refractivity contribution < 1.29 is 14.0 Å². The maximum absolute atomic E-state index is 12.1. The Hall–Kier alpha value is -2.56. The zero-order valence-electron chi connectivity index (χ0n) is 14.1. The Balaban J connectivity index is 1.57. The number of hydrogen-bond donors (Lipinski definition) is 4. The minimum Gasteiger partial charge on any atom is -0.408 e. The number of rotatable bonds is 6. The van der Waals surface area contributed by atoms with E-state index in [1.165, 1.54) is 11.9 Å². The molecule has 0 spiro atoms. The second-order valence-corrected chi connectivity index (χ2v) is 7.33. The van der Waals surface area contributed by atoms with E-state index in [2.05, 4.69) is 36.3 Å². The summed E-state index contributed by atoms with van der Waals surface area (Å²) < 4.78 is 8.57. The third-order valence-electron chi connectivity index (χ3n) is 3.48. The lowest BCUT2D eigenvalue weighted by Gasteiger charge is -2.09. The lowest BCUT2D eigenvalue weighted by Crippen LogP contribution is -2.24. The number of carbonyl (C=O) groups is 2. The van der Waals surface area contributed by atoms with Gasteiger partial charge in [0.05, 0.1) is 12.1 Å². The number of benzene rings is 2. The minimum atomic E-state index is -0.510. The van der Waals surface area contributed by atoms with Crippen molar-refractivity contribution >= 4 is 56.5 Å². The number of aromatic amines is 1. The smallest absolute Gasteiger partial charge is 0.408 e. The zero-order chi connectivity index (χ0) is 19.4. The molecule has 10 heteroatoms. The highest BCUT2D eigenvalue weighted by Crippen LogP contribution is 2.21. The summed E-state index contributed by atoms with van der Waals surface area (Å²) in [4.78, 5) is 38.4. The molecule has 0 atom stereocenters. The van der Waals surface area contributed by atoms with Crippen LogP contribution in [-0.4, -0.2) is 30.4 Å². The fraction of sp³-hybridized carbons (Fsp3) is 0.118. The van der Waals surface area contributed by atoms with Gasteiger partial charge >= 0.3 is 5.76 Å². The molecule has 4 N–H and O–H groups in total. The molecule has 1 aromatic heterocycles. The summed E-state index contributed by atoms with van der Waals surface area (Å²) in [6.07, 6.45) is 0. The van der Waals surface area contributed by atoms with Gasteiger partial charge in [0.1, 0.15) is 0 Å². The number of nitrogens with one attached hydrogen (secondary N) is 4. The molecule has 0 bridgehead atoms. The van der Waals surface area contributed by atoms with Gasteiger partial charge in [-0.15, -0.1) is 0 Å². The van der Waals surface area contributed by atoms with Gasteiger partial charge in [0.2, 0.25) is 5.91 Å². The first-order valence-corrected chi connectivity index (χ1v) is 9.40. The molecule has 0 saturated carbocycles. The molecule has 140 valence electrons. The number of amides is 2. The summed E-state index contributed by atoms with van der Waals surface area (Å²) >= 11 is 4.57. The SMILES string of the molecule is CNC(=O)c1cc(Br)cc(NC(=O)CNSc2ccc3oc(=O)[nH]c3c2)c1. The van der Waals surface area contributed by atoms with Gasteiger partial charge in [-0.25, -0.2) is 4.79 Å². The highest BCUT2D eigenvalue weighted by Gasteiger charge is 2.09. The number of fused-ring (bicyclic) bond motifs is 1. The van der Waals surface area contributed by atoms with E-state index >= 15 is 0 Å². The largest absolute Gasteiger partial charge is 0.417 e. The van der Waals surface area contributed by atoms with Crippen molar-refractivity contribution in [2.75, 3.05) is 18.9 Å². The van der Waals surface area contributed by atoms with Crippen LogP contribution in [0.4, 0.5) is 5.69 Å². The van der Waals surface area contributed by atoms with Gasteiger partial charge < -0.3 is 15.1 Å². The number of aromatic nitrogens is 1. The van der Waals surface area contributed by atoms with Gasteiger partial charge in [-0.3, -0.25) is 19.3 Å². The summed E-state index contributed by atoms with van der Waals surface area (Å²) in [6.45, 7) is 0.0480. The second kappa shape index (κ2) is 8.42. The van der Waals surface area contributed by atoms with Crippen LogP contribution in [-0.2, 0) is 4.79 Å². The Morgan fingerprint density at radius 3 is 2.81 bits per heavy atom. The van der Waals surface area contributed by atoms with Gasteiger partial charge in [0.25, 0.3) is 5.91 Å². The molecule has 0 aliphatic heterocycles. The van der Waals surface area contributed by atoms with Crippen LogP contribution in [0.15, 0.2) is 55.0 Å². The van der Waals surface area contributed by atoms with Crippen LogP contribution >= 0.6 is 27.9 Å². The van der Waals surface area contributed by atoms with Crippen LogP contribution < -0.4 is 21.1 Å². The standard InChI is InChI=1S/C17H15BrN4O4S/c1-19-16(24)9-4-10(18)6-11(5-9)21-15(23)8-20-27-12-2-3-14-13(7-12)22-17(25)26-14/h2-7,20H,8H2,1H3,(H,19,24)(H,21,23)(H,22,25). The number of oxazole rings is 1. The molecule has 0 aliphatic rings. The molecule has 0 fully saturated rings. The molecular formula is C17H15BrN4O4S. The Bertz CT molecular complexity index is 1060. The quantitative estimate of drug-likeness (QED) is 0.428. The van der Waals surface area contributed by atoms with E-state index in [-0.39, 0.29) is 18.4 Å². The van der Waals surface area contributed by atoms with Crippen molar-refractivity contribution in [1.82, 2.24) is 15.0 Å². The van der Waals surface area contributed by atoms with E-state index in [0.717, 1.165) is 4.90 Å².